The van der Waals surface area contributed by atoms with Crippen molar-refractivity contribution in [3.05, 3.63) is 0 Å². The van der Waals surface area contributed by atoms with Gasteiger partial charge in [-0.25, -0.2) is 16.8 Å². The molecule has 1 aliphatic heterocycles. The fraction of sp³-hybridized carbons (Fsp3) is 1.00. The molecule has 0 bridgehead atoms. The SMILES string of the molecule is CC1CN(S(=O)(=O)CCS(C)(=O)=O)C(C)CN1.Cl. The van der Waals surface area contributed by atoms with Crippen molar-refractivity contribution in [2.75, 3.05) is 30.9 Å². The average molecular weight is 321 g/mol. The molecule has 0 aliphatic carbocycles. The molecule has 0 saturated carbocycles. The van der Waals surface area contributed by atoms with Crippen LogP contribution in [0.3, 0.4) is 0 Å². The maximum Gasteiger partial charge on any atom is 0.215 e. The summed E-state index contributed by atoms with van der Waals surface area (Å²) in [7, 11) is -6.73. The Hall–Kier alpha value is 0.110. The first-order chi connectivity index (χ1) is 7.62. The topological polar surface area (TPSA) is 83.6 Å². The third kappa shape index (κ3) is 5.40. The van der Waals surface area contributed by atoms with Crippen LogP contribution in [0.4, 0.5) is 0 Å². The summed E-state index contributed by atoms with van der Waals surface area (Å²) < 4.78 is 47.5. The van der Waals surface area contributed by atoms with Gasteiger partial charge in [0.1, 0.15) is 9.84 Å². The summed E-state index contributed by atoms with van der Waals surface area (Å²) in [6.07, 6.45) is 1.05. The van der Waals surface area contributed by atoms with E-state index in [2.05, 4.69) is 5.32 Å². The molecule has 1 saturated heterocycles. The van der Waals surface area contributed by atoms with E-state index in [1.165, 1.54) is 4.31 Å². The molecule has 0 aromatic carbocycles. The summed E-state index contributed by atoms with van der Waals surface area (Å²) in [5.74, 6) is -0.650. The van der Waals surface area contributed by atoms with Crippen molar-refractivity contribution in [3.8, 4) is 0 Å². The zero-order valence-corrected chi connectivity index (χ0v) is 13.2. The first-order valence-electron chi connectivity index (χ1n) is 5.52. The Morgan fingerprint density at radius 3 is 2.22 bits per heavy atom. The predicted molar refractivity (Wildman–Crippen MR) is 74.4 cm³/mol. The fourth-order valence-corrected chi connectivity index (χ4v) is 5.11. The van der Waals surface area contributed by atoms with E-state index < -0.39 is 19.9 Å². The number of rotatable bonds is 4. The summed E-state index contributed by atoms with van der Waals surface area (Å²) in [5.41, 5.74) is 0. The Bertz CT molecular complexity index is 463. The highest BCUT2D eigenvalue weighted by atomic mass is 35.5. The van der Waals surface area contributed by atoms with E-state index in [1.807, 2.05) is 13.8 Å². The van der Waals surface area contributed by atoms with Crippen molar-refractivity contribution in [3.63, 3.8) is 0 Å². The monoisotopic (exact) mass is 320 g/mol. The lowest BCUT2D eigenvalue weighted by Gasteiger charge is -2.36. The molecule has 6 nitrogen and oxygen atoms in total. The molecule has 18 heavy (non-hydrogen) atoms. The summed E-state index contributed by atoms with van der Waals surface area (Å²) in [5, 5.41) is 3.18. The molecule has 1 aliphatic rings. The molecule has 2 atom stereocenters. The lowest BCUT2D eigenvalue weighted by molar-refractivity contribution is 0.245. The molecule has 1 N–H and O–H groups in total. The van der Waals surface area contributed by atoms with Gasteiger partial charge < -0.3 is 5.32 Å². The molecule has 1 fully saturated rings. The minimum absolute atomic E-state index is 0. The van der Waals surface area contributed by atoms with Gasteiger partial charge in [-0.1, -0.05) is 0 Å². The second-order valence-electron chi connectivity index (χ2n) is 4.67. The van der Waals surface area contributed by atoms with Crippen molar-refractivity contribution in [2.24, 2.45) is 0 Å². The van der Waals surface area contributed by atoms with E-state index in [-0.39, 0.29) is 36.0 Å². The van der Waals surface area contributed by atoms with Crippen LogP contribution in [0.1, 0.15) is 13.8 Å². The van der Waals surface area contributed by atoms with Crippen LogP contribution in [0.2, 0.25) is 0 Å². The summed E-state index contributed by atoms with van der Waals surface area (Å²) in [4.78, 5) is 0. The van der Waals surface area contributed by atoms with Crippen LogP contribution in [0.5, 0.6) is 0 Å². The summed E-state index contributed by atoms with van der Waals surface area (Å²) >= 11 is 0. The largest absolute Gasteiger partial charge is 0.311 e. The van der Waals surface area contributed by atoms with Gasteiger partial charge in [-0.15, -0.1) is 12.4 Å². The minimum Gasteiger partial charge on any atom is -0.311 e. The third-order valence-corrected chi connectivity index (χ3v) is 5.92. The van der Waals surface area contributed by atoms with Crippen molar-refractivity contribution >= 4 is 32.3 Å². The highest BCUT2D eigenvalue weighted by Crippen LogP contribution is 2.13. The molecule has 1 heterocycles. The molecule has 0 amide bonds. The number of nitrogens with zero attached hydrogens (tertiary/aromatic N) is 1. The van der Waals surface area contributed by atoms with Crippen LogP contribution in [0.15, 0.2) is 0 Å². The maximum absolute atomic E-state index is 12.0. The number of nitrogens with one attached hydrogen (secondary N) is 1. The summed E-state index contributed by atoms with van der Waals surface area (Å²) in [6.45, 7) is 4.72. The number of hydrogen-bond acceptors (Lipinski definition) is 5. The lowest BCUT2D eigenvalue weighted by Crippen LogP contribution is -2.56. The van der Waals surface area contributed by atoms with E-state index in [0.29, 0.717) is 13.1 Å². The van der Waals surface area contributed by atoms with Crippen LogP contribution in [0.25, 0.3) is 0 Å². The van der Waals surface area contributed by atoms with Crippen molar-refractivity contribution in [2.45, 2.75) is 25.9 Å². The zero-order valence-electron chi connectivity index (χ0n) is 10.8. The van der Waals surface area contributed by atoms with Gasteiger partial charge >= 0.3 is 0 Å². The predicted octanol–water partition coefficient (Wildman–Crippen LogP) is -0.535. The Morgan fingerprint density at radius 1 is 1.17 bits per heavy atom. The highest BCUT2D eigenvalue weighted by Gasteiger charge is 2.32. The lowest BCUT2D eigenvalue weighted by atomic mass is 10.2. The molecule has 110 valence electrons. The number of halogens is 1. The second kappa shape index (κ2) is 6.51. The van der Waals surface area contributed by atoms with Gasteiger partial charge in [-0.05, 0) is 13.8 Å². The molecule has 9 heteroatoms. The van der Waals surface area contributed by atoms with Crippen molar-refractivity contribution in [1.82, 2.24) is 9.62 Å². The van der Waals surface area contributed by atoms with Crippen LogP contribution in [0, 0.1) is 0 Å². The van der Waals surface area contributed by atoms with E-state index in [9.17, 15) is 16.8 Å². The second-order valence-corrected chi connectivity index (χ2v) is 8.97. The molecular weight excluding hydrogens is 300 g/mol. The third-order valence-electron chi connectivity index (χ3n) is 2.78. The van der Waals surface area contributed by atoms with Crippen LogP contribution in [-0.2, 0) is 19.9 Å². The van der Waals surface area contributed by atoms with Crippen LogP contribution < -0.4 is 5.32 Å². The maximum atomic E-state index is 12.0. The van der Waals surface area contributed by atoms with Crippen molar-refractivity contribution < 1.29 is 16.8 Å². The Kier molecular flexibility index (Phi) is 6.55. The van der Waals surface area contributed by atoms with Gasteiger partial charge in [-0.2, -0.15) is 4.31 Å². The van der Waals surface area contributed by atoms with Gasteiger partial charge in [0.05, 0.1) is 11.5 Å². The minimum atomic E-state index is -3.48. The van der Waals surface area contributed by atoms with Gasteiger partial charge in [0.15, 0.2) is 0 Å². The van der Waals surface area contributed by atoms with Gasteiger partial charge in [-0.3, -0.25) is 0 Å². The van der Waals surface area contributed by atoms with E-state index in [1.54, 1.807) is 0 Å². The number of sulfone groups is 1. The molecule has 0 radical (unpaired) electrons. The molecule has 2 unspecified atom stereocenters. The molecule has 0 aromatic heterocycles. The van der Waals surface area contributed by atoms with E-state index in [0.717, 1.165) is 6.26 Å². The highest BCUT2D eigenvalue weighted by molar-refractivity contribution is 7.93. The Balaban J connectivity index is 0.00000289. The quantitative estimate of drug-likeness (QED) is 0.752. The van der Waals surface area contributed by atoms with Crippen LogP contribution in [-0.4, -0.2) is 64.1 Å². The van der Waals surface area contributed by atoms with E-state index in [4.69, 9.17) is 0 Å². The summed E-state index contributed by atoms with van der Waals surface area (Å²) in [6, 6.07) is -0.0324. The number of sulfonamides is 1. The Labute approximate surface area is 116 Å². The van der Waals surface area contributed by atoms with Gasteiger partial charge in [0.25, 0.3) is 0 Å². The Morgan fingerprint density at radius 2 is 1.72 bits per heavy atom. The molecular formula is C9H21ClN2O4S2. The normalized spacial score (nSPS) is 26.6. The fourth-order valence-electron chi connectivity index (χ4n) is 1.75. The molecule has 1 rings (SSSR count). The first-order valence-corrected chi connectivity index (χ1v) is 9.19. The van der Waals surface area contributed by atoms with Gasteiger partial charge in [0, 0.05) is 31.4 Å². The standard InChI is InChI=1S/C9H20N2O4S2.ClH/c1-8-7-11(9(2)6-10-8)17(14,15)5-4-16(3,12)13;/h8-10H,4-7H2,1-3H3;1H. The number of hydrogen-bond donors (Lipinski definition) is 1. The average Bonchev–Trinajstić information content (AvgIpc) is 2.18. The van der Waals surface area contributed by atoms with Gasteiger partial charge in [0.2, 0.25) is 10.0 Å². The van der Waals surface area contributed by atoms with E-state index >= 15 is 0 Å². The number of piperazine rings is 1. The molecule has 0 spiro atoms. The smallest absolute Gasteiger partial charge is 0.215 e. The zero-order chi connectivity index (χ0) is 13.3. The first kappa shape index (κ1) is 18.1. The van der Waals surface area contributed by atoms with Crippen molar-refractivity contribution in [1.29, 1.82) is 0 Å². The van der Waals surface area contributed by atoms with Crippen LogP contribution >= 0.6 is 12.4 Å². The molecule has 0 aromatic rings.